The van der Waals surface area contributed by atoms with Gasteiger partial charge in [-0.15, -0.1) is 0 Å². The lowest BCUT2D eigenvalue weighted by molar-refractivity contribution is -0.113. The van der Waals surface area contributed by atoms with Crippen molar-refractivity contribution in [3.63, 3.8) is 0 Å². The van der Waals surface area contributed by atoms with E-state index in [1.54, 1.807) is 6.20 Å². The highest BCUT2D eigenvalue weighted by Crippen LogP contribution is 2.32. The summed E-state index contributed by atoms with van der Waals surface area (Å²) in [6.45, 7) is 7.96. The third-order valence-corrected chi connectivity index (χ3v) is 3.24. The predicted octanol–water partition coefficient (Wildman–Crippen LogP) is 5.16. The van der Waals surface area contributed by atoms with Gasteiger partial charge in [-0.1, -0.05) is 39.0 Å². The van der Waals surface area contributed by atoms with E-state index < -0.39 is 0 Å². The van der Waals surface area contributed by atoms with E-state index in [4.69, 9.17) is 0 Å². The second kappa shape index (κ2) is 6.00. The number of hydrogen-bond donors (Lipinski definition) is 0. The quantitative estimate of drug-likeness (QED) is 0.690. The Morgan fingerprint density at radius 3 is 2.33 bits per heavy atom. The lowest BCUT2D eigenvalue weighted by Crippen LogP contribution is -2.21. The van der Waals surface area contributed by atoms with Crippen LogP contribution in [0.15, 0.2) is 75.6 Å². The van der Waals surface area contributed by atoms with E-state index in [2.05, 4.69) is 10.2 Å². The number of hydrogen-bond acceptors (Lipinski definition) is 3. The van der Waals surface area contributed by atoms with E-state index >= 15 is 0 Å². The first-order valence-electron chi connectivity index (χ1n) is 6.99. The molecule has 1 aliphatic rings. The summed E-state index contributed by atoms with van der Waals surface area (Å²) in [7, 11) is 0. The Balaban J connectivity index is 2.27. The molecule has 1 aliphatic carbocycles. The summed E-state index contributed by atoms with van der Waals surface area (Å²) in [6.07, 6.45) is 5.44. The number of benzene rings is 1. The van der Waals surface area contributed by atoms with E-state index in [0.29, 0.717) is 0 Å². The molecule has 0 aromatic heterocycles. The smallest absolute Gasteiger partial charge is 0.185 e. The highest BCUT2D eigenvalue weighted by molar-refractivity contribution is 6.10. The second-order valence-corrected chi connectivity index (χ2v) is 6.14. The van der Waals surface area contributed by atoms with E-state index in [1.807, 2.05) is 70.2 Å². The first kappa shape index (κ1) is 15.1. The van der Waals surface area contributed by atoms with Crippen molar-refractivity contribution >= 4 is 11.5 Å². The topological polar surface area (TPSA) is 41.8 Å². The zero-order valence-corrected chi connectivity index (χ0v) is 12.9. The molecule has 0 bridgehead atoms. The number of ketones is 1. The molecule has 1 aromatic rings. The summed E-state index contributed by atoms with van der Waals surface area (Å²) in [6, 6.07) is 9.56. The molecular weight excluding hydrogens is 260 g/mol. The molecule has 3 nitrogen and oxygen atoms in total. The number of azo groups is 1. The zero-order valence-electron chi connectivity index (χ0n) is 12.9. The van der Waals surface area contributed by atoms with Crippen LogP contribution in [-0.2, 0) is 4.79 Å². The van der Waals surface area contributed by atoms with Crippen molar-refractivity contribution in [1.82, 2.24) is 0 Å². The molecule has 0 N–H and O–H groups in total. The van der Waals surface area contributed by atoms with Crippen LogP contribution in [0.5, 0.6) is 0 Å². The first-order chi connectivity index (χ1) is 9.88. The van der Waals surface area contributed by atoms with Crippen LogP contribution in [0.3, 0.4) is 0 Å². The Bertz CT molecular complexity index is 656. The Morgan fingerprint density at radius 2 is 1.71 bits per heavy atom. The van der Waals surface area contributed by atoms with E-state index in [0.717, 1.165) is 22.4 Å². The van der Waals surface area contributed by atoms with Gasteiger partial charge in [-0.25, -0.2) is 0 Å². The van der Waals surface area contributed by atoms with Crippen LogP contribution in [0.1, 0.15) is 27.7 Å². The largest absolute Gasteiger partial charge is 0.289 e. The molecule has 0 radical (unpaired) electrons. The summed E-state index contributed by atoms with van der Waals surface area (Å²) < 4.78 is 0. The van der Waals surface area contributed by atoms with Gasteiger partial charge >= 0.3 is 0 Å². The van der Waals surface area contributed by atoms with Crippen LogP contribution in [0.4, 0.5) is 5.69 Å². The molecule has 108 valence electrons. The Hall–Kier alpha value is -2.29. The van der Waals surface area contributed by atoms with Crippen LogP contribution in [0.2, 0.25) is 0 Å². The number of carbonyl (C=O) groups excluding carboxylic acids is 1. The van der Waals surface area contributed by atoms with Gasteiger partial charge in [-0.2, -0.15) is 10.2 Å². The maximum atomic E-state index is 12.2. The lowest BCUT2D eigenvalue weighted by atomic mass is 9.78. The van der Waals surface area contributed by atoms with Crippen molar-refractivity contribution in [1.29, 1.82) is 0 Å². The molecule has 0 amide bonds. The average Bonchev–Trinajstić information content (AvgIpc) is 2.42. The number of allylic oxidation sites excluding steroid dienone is 5. The van der Waals surface area contributed by atoms with Crippen molar-refractivity contribution in [3.8, 4) is 0 Å². The first-order valence-corrected chi connectivity index (χ1v) is 6.99. The molecule has 1 aromatic carbocycles. The van der Waals surface area contributed by atoms with Crippen molar-refractivity contribution in [2.24, 2.45) is 15.6 Å². The Kier molecular flexibility index (Phi) is 4.32. The van der Waals surface area contributed by atoms with Gasteiger partial charge in [0.1, 0.15) is 0 Å². The molecule has 0 fully saturated rings. The number of carbonyl (C=O) groups is 1. The van der Waals surface area contributed by atoms with E-state index in [9.17, 15) is 4.79 Å². The third kappa shape index (κ3) is 3.85. The molecule has 3 heteroatoms. The summed E-state index contributed by atoms with van der Waals surface area (Å²) in [5.41, 5.74) is 3.08. The fourth-order valence-corrected chi connectivity index (χ4v) is 2.09. The number of nitrogens with zero attached hydrogens (tertiary/aromatic N) is 2. The molecule has 0 saturated heterocycles. The average molecular weight is 280 g/mol. The van der Waals surface area contributed by atoms with Crippen molar-refractivity contribution < 1.29 is 4.79 Å². The van der Waals surface area contributed by atoms with E-state index in [-0.39, 0.29) is 11.2 Å². The highest BCUT2D eigenvalue weighted by Gasteiger charge is 2.27. The number of rotatable bonds is 2. The molecule has 0 aliphatic heterocycles. The monoisotopic (exact) mass is 280 g/mol. The lowest BCUT2D eigenvalue weighted by Gasteiger charge is -2.24. The summed E-state index contributed by atoms with van der Waals surface area (Å²) >= 11 is 0. The molecular formula is C18H20N2O. The highest BCUT2D eigenvalue weighted by atomic mass is 16.1. The molecule has 21 heavy (non-hydrogen) atoms. The van der Waals surface area contributed by atoms with E-state index in [1.165, 1.54) is 0 Å². The van der Waals surface area contributed by atoms with Gasteiger partial charge < -0.3 is 0 Å². The third-order valence-electron chi connectivity index (χ3n) is 3.24. The van der Waals surface area contributed by atoms with Crippen LogP contribution >= 0.6 is 0 Å². The predicted molar refractivity (Wildman–Crippen MR) is 85.3 cm³/mol. The summed E-state index contributed by atoms with van der Waals surface area (Å²) in [4.78, 5) is 12.2. The van der Waals surface area contributed by atoms with Crippen LogP contribution < -0.4 is 0 Å². The second-order valence-electron chi connectivity index (χ2n) is 6.14. The normalized spacial score (nSPS) is 18.1. The Morgan fingerprint density at radius 1 is 1.05 bits per heavy atom. The maximum absolute atomic E-state index is 12.2. The minimum atomic E-state index is -0.178. The van der Waals surface area contributed by atoms with Gasteiger partial charge in [0.05, 0.1) is 11.9 Å². The summed E-state index contributed by atoms with van der Waals surface area (Å²) in [5, 5.41) is 8.24. The molecule has 0 saturated carbocycles. The SMILES string of the molecule is CC1=C/C(=C\N=Nc2ccccc2)C=C(C(C)(C)C)C1=O. The minimum absolute atomic E-state index is 0.111. The van der Waals surface area contributed by atoms with Gasteiger partial charge in [-0.3, -0.25) is 4.79 Å². The van der Waals surface area contributed by atoms with Gasteiger partial charge in [0.2, 0.25) is 0 Å². The van der Waals surface area contributed by atoms with Crippen LogP contribution in [-0.4, -0.2) is 5.78 Å². The summed E-state index contributed by atoms with van der Waals surface area (Å²) in [5.74, 6) is 0.111. The minimum Gasteiger partial charge on any atom is -0.289 e. The van der Waals surface area contributed by atoms with Gasteiger partial charge in [0.25, 0.3) is 0 Å². The Labute approximate surface area is 125 Å². The van der Waals surface area contributed by atoms with Gasteiger partial charge in [0, 0.05) is 5.57 Å². The van der Waals surface area contributed by atoms with Crippen molar-refractivity contribution in [2.45, 2.75) is 27.7 Å². The number of Topliss-reactive ketones (excluding diaryl/α,β-unsaturated/α-hetero) is 1. The fraction of sp³-hybridized carbons (Fsp3) is 0.278. The zero-order chi connectivity index (χ0) is 15.5. The molecule has 0 unspecified atom stereocenters. The van der Waals surface area contributed by atoms with Crippen molar-refractivity contribution in [3.05, 3.63) is 65.4 Å². The van der Waals surface area contributed by atoms with Crippen molar-refractivity contribution in [2.75, 3.05) is 0 Å². The van der Waals surface area contributed by atoms with Gasteiger partial charge in [0.15, 0.2) is 5.78 Å². The molecule has 2 rings (SSSR count). The molecule has 0 heterocycles. The molecule has 0 atom stereocenters. The standard InChI is InChI=1S/C18H20N2O/c1-13-10-14(11-16(17(13)21)18(2,3)4)12-19-20-15-8-6-5-7-9-15/h5-12H,1-4H3/b14-12+,20-19?. The molecule has 0 spiro atoms. The van der Waals surface area contributed by atoms with Gasteiger partial charge in [-0.05, 0) is 47.8 Å². The fourth-order valence-electron chi connectivity index (χ4n) is 2.09. The van der Waals surface area contributed by atoms with Crippen LogP contribution in [0.25, 0.3) is 0 Å². The van der Waals surface area contributed by atoms with Crippen LogP contribution in [0, 0.1) is 5.41 Å². The maximum Gasteiger partial charge on any atom is 0.185 e.